The maximum absolute atomic E-state index is 12.7. The molecule has 142 valence electrons. The average Bonchev–Trinajstić information content (AvgIpc) is 3.06. The SMILES string of the molecule is CCNC(=O)[C@@H]1C[C@H](NC(=O)c2n[nH]c(=O)c3ccccc23)CN1C(C)=O. The number of hydrogen-bond donors (Lipinski definition) is 3. The molecule has 9 nitrogen and oxygen atoms in total. The van der Waals surface area contributed by atoms with Gasteiger partial charge >= 0.3 is 0 Å². The van der Waals surface area contributed by atoms with Crippen molar-refractivity contribution < 1.29 is 14.4 Å². The highest BCUT2D eigenvalue weighted by molar-refractivity contribution is 6.04. The Hall–Kier alpha value is -3.23. The van der Waals surface area contributed by atoms with Crippen LogP contribution in [0.15, 0.2) is 29.1 Å². The zero-order valence-electron chi connectivity index (χ0n) is 15.1. The number of hydrogen-bond acceptors (Lipinski definition) is 5. The number of aromatic nitrogens is 2. The number of carbonyl (C=O) groups is 3. The Labute approximate surface area is 155 Å². The van der Waals surface area contributed by atoms with E-state index in [1.54, 1.807) is 31.2 Å². The quantitative estimate of drug-likeness (QED) is 0.685. The second-order valence-electron chi connectivity index (χ2n) is 6.43. The van der Waals surface area contributed by atoms with Gasteiger partial charge in [-0.15, -0.1) is 0 Å². The molecule has 1 aromatic heterocycles. The van der Waals surface area contributed by atoms with E-state index in [4.69, 9.17) is 0 Å². The first-order chi connectivity index (χ1) is 12.9. The van der Waals surface area contributed by atoms with Crippen molar-refractivity contribution in [1.82, 2.24) is 25.7 Å². The number of nitrogens with zero attached hydrogens (tertiary/aromatic N) is 2. The minimum atomic E-state index is -0.618. The molecule has 1 saturated heterocycles. The summed E-state index contributed by atoms with van der Waals surface area (Å²) >= 11 is 0. The standard InChI is InChI=1S/C18H21N5O4/c1-3-19-17(26)14-8-11(9-23(14)10(2)24)20-18(27)15-12-6-4-5-7-13(12)16(25)22-21-15/h4-7,11,14H,3,8-9H2,1-2H3,(H,19,26)(H,20,27)(H,22,25)/t11-,14-/m0/s1. The highest BCUT2D eigenvalue weighted by Gasteiger charge is 2.39. The third kappa shape index (κ3) is 3.67. The molecule has 27 heavy (non-hydrogen) atoms. The molecule has 0 spiro atoms. The molecule has 2 atom stereocenters. The molecule has 2 heterocycles. The molecule has 1 aliphatic rings. The lowest BCUT2D eigenvalue weighted by Gasteiger charge is -2.21. The molecule has 9 heteroatoms. The number of rotatable bonds is 4. The van der Waals surface area contributed by atoms with Crippen molar-refractivity contribution in [1.29, 1.82) is 0 Å². The van der Waals surface area contributed by atoms with Crippen LogP contribution in [0, 0.1) is 0 Å². The van der Waals surface area contributed by atoms with Gasteiger partial charge in [-0.1, -0.05) is 18.2 Å². The summed E-state index contributed by atoms with van der Waals surface area (Å²) in [5.74, 6) is -0.930. The number of aromatic amines is 1. The van der Waals surface area contributed by atoms with Crippen LogP contribution in [0.1, 0.15) is 30.8 Å². The average molecular weight is 371 g/mol. The number of likely N-dealkylation sites (tertiary alicyclic amines) is 1. The van der Waals surface area contributed by atoms with Crippen molar-refractivity contribution in [3.8, 4) is 0 Å². The van der Waals surface area contributed by atoms with Crippen molar-refractivity contribution >= 4 is 28.5 Å². The number of fused-ring (bicyclic) bond motifs is 1. The lowest BCUT2D eigenvalue weighted by Crippen LogP contribution is -2.45. The fourth-order valence-electron chi connectivity index (χ4n) is 3.37. The molecule has 1 fully saturated rings. The Kier molecular flexibility index (Phi) is 5.20. The minimum absolute atomic E-state index is 0.0982. The summed E-state index contributed by atoms with van der Waals surface area (Å²) < 4.78 is 0. The maximum Gasteiger partial charge on any atom is 0.272 e. The topological polar surface area (TPSA) is 124 Å². The summed E-state index contributed by atoms with van der Waals surface area (Å²) in [6.07, 6.45) is 0.318. The van der Waals surface area contributed by atoms with Gasteiger partial charge in [-0.3, -0.25) is 19.2 Å². The Morgan fingerprint density at radius 3 is 2.63 bits per heavy atom. The van der Waals surface area contributed by atoms with Crippen LogP contribution in [0.5, 0.6) is 0 Å². The van der Waals surface area contributed by atoms with Crippen molar-refractivity contribution in [2.24, 2.45) is 0 Å². The fourth-order valence-corrected chi connectivity index (χ4v) is 3.37. The van der Waals surface area contributed by atoms with Gasteiger partial charge < -0.3 is 15.5 Å². The first-order valence-corrected chi connectivity index (χ1v) is 8.75. The van der Waals surface area contributed by atoms with E-state index in [-0.39, 0.29) is 35.7 Å². The van der Waals surface area contributed by atoms with E-state index in [9.17, 15) is 19.2 Å². The molecule has 0 unspecified atom stereocenters. The van der Waals surface area contributed by atoms with Gasteiger partial charge in [-0.25, -0.2) is 5.10 Å². The normalized spacial score (nSPS) is 19.1. The van der Waals surface area contributed by atoms with E-state index in [0.29, 0.717) is 23.7 Å². The van der Waals surface area contributed by atoms with Gasteiger partial charge in [0.25, 0.3) is 11.5 Å². The van der Waals surface area contributed by atoms with E-state index < -0.39 is 11.9 Å². The number of carbonyl (C=O) groups excluding carboxylic acids is 3. The molecule has 1 aliphatic heterocycles. The van der Waals surface area contributed by atoms with Crippen molar-refractivity contribution in [2.45, 2.75) is 32.4 Å². The van der Waals surface area contributed by atoms with E-state index in [0.717, 1.165) is 0 Å². The first-order valence-electron chi connectivity index (χ1n) is 8.75. The lowest BCUT2D eigenvalue weighted by molar-refractivity contribution is -0.136. The second kappa shape index (κ2) is 7.56. The molecular formula is C18H21N5O4. The van der Waals surface area contributed by atoms with E-state index >= 15 is 0 Å². The van der Waals surface area contributed by atoms with Crippen LogP contribution in [0.2, 0.25) is 0 Å². The van der Waals surface area contributed by atoms with Gasteiger partial charge in [0.2, 0.25) is 11.8 Å². The molecule has 3 amide bonds. The molecule has 1 aromatic carbocycles. The zero-order chi connectivity index (χ0) is 19.6. The van der Waals surface area contributed by atoms with Gasteiger partial charge in [0, 0.05) is 31.4 Å². The summed E-state index contributed by atoms with van der Waals surface area (Å²) in [5, 5.41) is 12.5. The first kappa shape index (κ1) is 18.6. The smallest absolute Gasteiger partial charge is 0.272 e. The van der Waals surface area contributed by atoms with Crippen LogP contribution in [-0.2, 0) is 9.59 Å². The second-order valence-corrected chi connectivity index (χ2v) is 6.43. The Balaban J connectivity index is 1.81. The van der Waals surface area contributed by atoms with Crippen molar-refractivity contribution in [3.05, 3.63) is 40.3 Å². The zero-order valence-corrected chi connectivity index (χ0v) is 15.1. The number of H-pyrrole nitrogens is 1. The van der Waals surface area contributed by atoms with Crippen molar-refractivity contribution in [3.63, 3.8) is 0 Å². The van der Waals surface area contributed by atoms with Crippen LogP contribution < -0.4 is 16.2 Å². The van der Waals surface area contributed by atoms with Crippen LogP contribution in [-0.4, -0.2) is 58.0 Å². The number of likely N-dealkylation sites (N-methyl/N-ethyl adjacent to an activating group) is 1. The van der Waals surface area contributed by atoms with Gasteiger partial charge in [-0.2, -0.15) is 5.10 Å². The van der Waals surface area contributed by atoms with Crippen LogP contribution >= 0.6 is 0 Å². The van der Waals surface area contributed by atoms with Gasteiger partial charge in [0.1, 0.15) is 6.04 Å². The molecule has 0 radical (unpaired) electrons. The van der Waals surface area contributed by atoms with E-state index in [1.165, 1.54) is 11.8 Å². The highest BCUT2D eigenvalue weighted by atomic mass is 16.2. The summed E-state index contributed by atoms with van der Waals surface area (Å²) in [4.78, 5) is 50.1. The summed E-state index contributed by atoms with van der Waals surface area (Å²) in [5.41, 5.74) is -0.275. The third-order valence-electron chi connectivity index (χ3n) is 4.61. The number of benzene rings is 1. The summed E-state index contributed by atoms with van der Waals surface area (Å²) in [7, 11) is 0. The molecular weight excluding hydrogens is 350 g/mol. The van der Waals surface area contributed by atoms with Crippen LogP contribution in [0.3, 0.4) is 0 Å². The van der Waals surface area contributed by atoms with E-state index in [2.05, 4.69) is 20.8 Å². The lowest BCUT2D eigenvalue weighted by atomic mass is 10.1. The fraction of sp³-hybridized carbons (Fsp3) is 0.389. The molecule has 3 rings (SSSR count). The highest BCUT2D eigenvalue weighted by Crippen LogP contribution is 2.19. The molecule has 3 N–H and O–H groups in total. The van der Waals surface area contributed by atoms with E-state index in [1.807, 2.05) is 0 Å². The molecule has 0 bridgehead atoms. The van der Waals surface area contributed by atoms with Gasteiger partial charge in [0.05, 0.1) is 5.39 Å². The van der Waals surface area contributed by atoms with Crippen molar-refractivity contribution in [2.75, 3.05) is 13.1 Å². The summed E-state index contributed by atoms with van der Waals surface area (Å²) in [6, 6.07) is 5.69. The Bertz CT molecular complexity index is 954. The predicted octanol–water partition coefficient (Wildman–Crippen LogP) is -0.222. The molecule has 2 aromatic rings. The Morgan fingerprint density at radius 1 is 1.26 bits per heavy atom. The third-order valence-corrected chi connectivity index (χ3v) is 4.61. The predicted molar refractivity (Wildman–Crippen MR) is 98.1 cm³/mol. The number of nitrogens with one attached hydrogen (secondary N) is 3. The summed E-state index contributed by atoms with van der Waals surface area (Å²) in [6.45, 7) is 3.90. The maximum atomic E-state index is 12.7. The number of amides is 3. The van der Waals surface area contributed by atoms with Gasteiger partial charge in [-0.05, 0) is 19.4 Å². The Morgan fingerprint density at radius 2 is 1.96 bits per heavy atom. The molecule has 0 aliphatic carbocycles. The van der Waals surface area contributed by atoms with Crippen LogP contribution in [0.25, 0.3) is 10.8 Å². The van der Waals surface area contributed by atoms with Crippen LogP contribution in [0.4, 0.5) is 0 Å². The monoisotopic (exact) mass is 371 g/mol. The van der Waals surface area contributed by atoms with Gasteiger partial charge in [0.15, 0.2) is 5.69 Å². The largest absolute Gasteiger partial charge is 0.355 e. The minimum Gasteiger partial charge on any atom is -0.355 e. The molecule has 0 saturated carbocycles.